The molecule has 0 heterocycles. The fourth-order valence-electron chi connectivity index (χ4n) is 2.60. The number of rotatable bonds is 7. The van der Waals surface area contributed by atoms with Crippen LogP contribution in [0.25, 0.3) is 10.8 Å². The number of esters is 1. The number of hydrogen-bond acceptors (Lipinski definition) is 3. The number of benzene rings is 3. The average molecular weight is 348 g/mol. The second-order valence-electron chi connectivity index (χ2n) is 6.61. The Hall–Kier alpha value is -2.81. The first kappa shape index (κ1) is 18.0. The molecule has 26 heavy (non-hydrogen) atoms. The Kier molecular flexibility index (Phi) is 5.90. The van der Waals surface area contributed by atoms with E-state index in [-0.39, 0.29) is 5.97 Å². The Morgan fingerprint density at radius 1 is 0.962 bits per heavy atom. The Morgan fingerprint density at radius 3 is 2.46 bits per heavy atom. The maximum atomic E-state index is 12.2. The smallest absolute Gasteiger partial charge is 0.338 e. The predicted octanol–water partition coefficient (Wildman–Crippen LogP) is 5.62. The maximum Gasteiger partial charge on any atom is 0.338 e. The molecule has 3 rings (SSSR count). The van der Waals surface area contributed by atoms with Gasteiger partial charge in [0.15, 0.2) is 0 Å². The molecule has 0 aliphatic rings. The van der Waals surface area contributed by atoms with E-state index in [1.807, 2.05) is 66.7 Å². The average Bonchev–Trinajstić information content (AvgIpc) is 2.70. The van der Waals surface area contributed by atoms with E-state index in [0.29, 0.717) is 24.7 Å². The van der Waals surface area contributed by atoms with Gasteiger partial charge >= 0.3 is 5.97 Å². The molecule has 3 nitrogen and oxygen atoms in total. The highest BCUT2D eigenvalue weighted by atomic mass is 16.5. The van der Waals surface area contributed by atoms with Crippen molar-refractivity contribution in [2.75, 3.05) is 6.61 Å². The molecule has 0 aliphatic carbocycles. The minimum Gasteiger partial charge on any atom is -0.489 e. The van der Waals surface area contributed by atoms with E-state index in [9.17, 15) is 4.79 Å². The van der Waals surface area contributed by atoms with E-state index in [2.05, 4.69) is 13.8 Å². The number of hydrogen-bond donors (Lipinski definition) is 0. The topological polar surface area (TPSA) is 35.5 Å². The summed E-state index contributed by atoms with van der Waals surface area (Å²) in [5.41, 5.74) is 1.71. The van der Waals surface area contributed by atoms with Gasteiger partial charge < -0.3 is 9.47 Å². The molecule has 0 saturated carbocycles. The van der Waals surface area contributed by atoms with E-state index >= 15 is 0 Å². The molecular weight excluding hydrogens is 324 g/mol. The van der Waals surface area contributed by atoms with E-state index < -0.39 is 0 Å². The molecule has 0 radical (unpaired) electrons. The van der Waals surface area contributed by atoms with Crippen molar-refractivity contribution in [1.29, 1.82) is 0 Å². The normalized spacial score (nSPS) is 11.9. The minimum atomic E-state index is -0.267. The summed E-state index contributed by atoms with van der Waals surface area (Å²) in [6.07, 6.45) is 0.997. The van der Waals surface area contributed by atoms with Crippen molar-refractivity contribution < 1.29 is 14.3 Å². The van der Waals surface area contributed by atoms with Gasteiger partial charge in [0, 0.05) is 0 Å². The molecule has 1 atom stereocenters. The van der Waals surface area contributed by atoms with Crippen LogP contribution in [0.2, 0.25) is 0 Å². The minimum absolute atomic E-state index is 0.267. The number of ether oxygens (including phenoxy) is 2. The van der Waals surface area contributed by atoms with Crippen molar-refractivity contribution in [3.63, 3.8) is 0 Å². The van der Waals surface area contributed by atoms with Crippen LogP contribution in [0.5, 0.6) is 5.75 Å². The van der Waals surface area contributed by atoms with Crippen molar-refractivity contribution >= 4 is 16.7 Å². The van der Waals surface area contributed by atoms with Crippen molar-refractivity contribution in [2.24, 2.45) is 5.92 Å². The van der Waals surface area contributed by atoms with Crippen molar-refractivity contribution in [2.45, 2.75) is 26.9 Å². The van der Waals surface area contributed by atoms with Crippen LogP contribution in [0.4, 0.5) is 0 Å². The molecule has 0 fully saturated rings. The molecule has 0 amide bonds. The van der Waals surface area contributed by atoms with Gasteiger partial charge in [-0.25, -0.2) is 4.79 Å². The van der Waals surface area contributed by atoms with Gasteiger partial charge in [-0.1, -0.05) is 62.7 Å². The van der Waals surface area contributed by atoms with Crippen molar-refractivity contribution in [3.05, 3.63) is 77.9 Å². The molecular formula is C23H24O3. The summed E-state index contributed by atoms with van der Waals surface area (Å²) in [7, 11) is 0. The van der Waals surface area contributed by atoms with Gasteiger partial charge in [-0.05, 0) is 46.5 Å². The first-order chi connectivity index (χ1) is 12.7. The second kappa shape index (κ2) is 8.52. The van der Waals surface area contributed by atoms with Gasteiger partial charge in [-0.15, -0.1) is 0 Å². The summed E-state index contributed by atoms with van der Waals surface area (Å²) in [6, 6.07) is 21.6. The largest absolute Gasteiger partial charge is 0.489 e. The fraction of sp³-hybridized carbons (Fsp3) is 0.261. The van der Waals surface area contributed by atoms with Gasteiger partial charge in [0.2, 0.25) is 0 Å². The summed E-state index contributed by atoms with van der Waals surface area (Å²) < 4.78 is 11.2. The molecule has 0 saturated heterocycles. The summed E-state index contributed by atoms with van der Waals surface area (Å²) in [5, 5.41) is 2.03. The lowest BCUT2D eigenvalue weighted by molar-refractivity contribution is 0.0447. The van der Waals surface area contributed by atoms with Gasteiger partial charge in [-0.3, -0.25) is 0 Å². The highest BCUT2D eigenvalue weighted by Crippen LogP contribution is 2.23. The predicted molar refractivity (Wildman–Crippen MR) is 104 cm³/mol. The van der Waals surface area contributed by atoms with Gasteiger partial charge in [0.1, 0.15) is 12.4 Å². The standard InChI is InChI=1S/C23H24O3/c1-3-17(2)15-26-23(24)21-10-9-20-14-22(12-11-19(20)13-21)25-16-18-7-5-4-6-8-18/h4-14,17H,3,15-16H2,1-2H3. The van der Waals surface area contributed by atoms with Crippen LogP contribution in [0.1, 0.15) is 36.2 Å². The summed E-state index contributed by atoms with van der Waals surface area (Å²) in [4.78, 5) is 12.2. The zero-order valence-electron chi connectivity index (χ0n) is 15.3. The van der Waals surface area contributed by atoms with Gasteiger partial charge in [0.05, 0.1) is 12.2 Å². The molecule has 134 valence electrons. The molecule has 3 aromatic rings. The number of carbonyl (C=O) groups excluding carboxylic acids is 1. The first-order valence-corrected chi connectivity index (χ1v) is 9.03. The third-order valence-electron chi connectivity index (χ3n) is 4.49. The summed E-state index contributed by atoms with van der Waals surface area (Å²) >= 11 is 0. The lowest BCUT2D eigenvalue weighted by Crippen LogP contribution is -2.11. The van der Waals surface area contributed by atoms with E-state index in [1.54, 1.807) is 0 Å². The number of carbonyl (C=O) groups is 1. The zero-order chi connectivity index (χ0) is 18.4. The quantitative estimate of drug-likeness (QED) is 0.520. The van der Waals surface area contributed by atoms with Crippen LogP contribution < -0.4 is 4.74 Å². The summed E-state index contributed by atoms with van der Waals surface area (Å²) in [6.45, 7) is 5.16. The highest BCUT2D eigenvalue weighted by Gasteiger charge is 2.10. The van der Waals surface area contributed by atoms with Crippen LogP contribution in [-0.2, 0) is 11.3 Å². The molecule has 1 unspecified atom stereocenters. The Morgan fingerprint density at radius 2 is 1.69 bits per heavy atom. The molecule has 0 aliphatic heterocycles. The molecule has 3 aromatic carbocycles. The van der Waals surface area contributed by atoms with Crippen LogP contribution in [0.15, 0.2) is 66.7 Å². The Balaban J connectivity index is 1.68. The monoisotopic (exact) mass is 348 g/mol. The molecule has 0 aromatic heterocycles. The second-order valence-corrected chi connectivity index (χ2v) is 6.61. The molecule has 3 heteroatoms. The van der Waals surface area contributed by atoms with Crippen LogP contribution in [-0.4, -0.2) is 12.6 Å². The Labute approximate surface area is 154 Å². The molecule has 0 bridgehead atoms. The third kappa shape index (κ3) is 4.63. The maximum absolute atomic E-state index is 12.2. The van der Waals surface area contributed by atoms with E-state index in [1.165, 1.54) is 0 Å². The van der Waals surface area contributed by atoms with Gasteiger partial charge in [-0.2, -0.15) is 0 Å². The van der Waals surface area contributed by atoms with Crippen molar-refractivity contribution in [1.82, 2.24) is 0 Å². The SMILES string of the molecule is CCC(C)COC(=O)c1ccc2cc(OCc3ccccc3)ccc2c1. The number of fused-ring (bicyclic) bond motifs is 1. The molecule has 0 N–H and O–H groups in total. The van der Waals surface area contributed by atoms with E-state index in [0.717, 1.165) is 28.5 Å². The zero-order valence-corrected chi connectivity index (χ0v) is 15.3. The molecule has 0 spiro atoms. The van der Waals surface area contributed by atoms with E-state index in [4.69, 9.17) is 9.47 Å². The lowest BCUT2D eigenvalue weighted by atomic mass is 10.1. The Bertz CT molecular complexity index is 871. The fourth-order valence-corrected chi connectivity index (χ4v) is 2.60. The van der Waals surface area contributed by atoms with Crippen molar-refractivity contribution in [3.8, 4) is 5.75 Å². The summed E-state index contributed by atoms with van der Waals surface area (Å²) in [5.74, 6) is 0.925. The lowest BCUT2D eigenvalue weighted by Gasteiger charge is -2.11. The van der Waals surface area contributed by atoms with Crippen LogP contribution >= 0.6 is 0 Å². The van der Waals surface area contributed by atoms with Crippen LogP contribution in [0.3, 0.4) is 0 Å². The third-order valence-corrected chi connectivity index (χ3v) is 4.49. The highest BCUT2D eigenvalue weighted by molar-refractivity contribution is 5.95. The van der Waals surface area contributed by atoms with Crippen LogP contribution in [0, 0.1) is 5.92 Å². The van der Waals surface area contributed by atoms with Gasteiger partial charge in [0.25, 0.3) is 0 Å². The first-order valence-electron chi connectivity index (χ1n) is 9.03.